The van der Waals surface area contributed by atoms with Crippen molar-refractivity contribution in [2.75, 3.05) is 26.2 Å². The summed E-state index contributed by atoms with van der Waals surface area (Å²) in [6, 6.07) is 0.870. The standard InChI is InChI=1S/C12H22N2/c1-2-6-12(5-1)9-14(10-12)11-4-3-7-13-8-11/h11,13H,1-10H2. The predicted molar refractivity (Wildman–Crippen MR) is 58.4 cm³/mol. The van der Waals surface area contributed by atoms with Crippen LogP contribution in [-0.4, -0.2) is 37.1 Å². The average Bonchev–Trinajstić information content (AvgIpc) is 2.65. The molecule has 1 spiro atoms. The third-order valence-electron chi connectivity index (χ3n) is 4.53. The van der Waals surface area contributed by atoms with Crippen LogP contribution in [0.3, 0.4) is 0 Å². The quantitative estimate of drug-likeness (QED) is 0.682. The number of likely N-dealkylation sites (tertiary alicyclic amines) is 1. The van der Waals surface area contributed by atoms with Crippen molar-refractivity contribution in [3.8, 4) is 0 Å². The largest absolute Gasteiger partial charge is 0.315 e. The van der Waals surface area contributed by atoms with Gasteiger partial charge in [-0.3, -0.25) is 4.90 Å². The van der Waals surface area contributed by atoms with Crippen molar-refractivity contribution in [2.24, 2.45) is 5.41 Å². The van der Waals surface area contributed by atoms with Gasteiger partial charge >= 0.3 is 0 Å². The molecule has 3 rings (SSSR count). The van der Waals surface area contributed by atoms with Crippen molar-refractivity contribution in [3.05, 3.63) is 0 Å². The van der Waals surface area contributed by atoms with Crippen LogP contribution < -0.4 is 5.32 Å². The summed E-state index contributed by atoms with van der Waals surface area (Å²) in [4.78, 5) is 2.73. The fourth-order valence-electron chi connectivity index (χ4n) is 3.66. The predicted octanol–water partition coefficient (Wildman–Crippen LogP) is 1.61. The maximum absolute atomic E-state index is 3.52. The summed E-state index contributed by atoms with van der Waals surface area (Å²) in [6.45, 7) is 5.32. The third-order valence-corrected chi connectivity index (χ3v) is 4.53. The van der Waals surface area contributed by atoms with Crippen LogP contribution in [0.4, 0.5) is 0 Å². The first-order chi connectivity index (χ1) is 6.88. The number of nitrogens with zero attached hydrogens (tertiary/aromatic N) is 1. The smallest absolute Gasteiger partial charge is 0.0221 e. The summed E-state index contributed by atoms with van der Waals surface area (Å²) < 4.78 is 0. The minimum absolute atomic E-state index is 0.789. The Morgan fingerprint density at radius 1 is 1.07 bits per heavy atom. The van der Waals surface area contributed by atoms with Crippen LogP contribution in [-0.2, 0) is 0 Å². The van der Waals surface area contributed by atoms with Crippen molar-refractivity contribution in [3.63, 3.8) is 0 Å². The first kappa shape index (κ1) is 9.17. The molecular formula is C12H22N2. The lowest BCUT2D eigenvalue weighted by atomic mass is 9.77. The van der Waals surface area contributed by atoms with E-state index >= 15 is 0 Å². The maximum atomic E-state index is 3.52. The zero-order valence-electron chi connectivity index (χ0n) is 9.10. The highest BCUT2D eigenvalue weighted by molar-refractivity contribution is 5.00. The Morgan fingerprint density at radius 2 is 1.86 bits per heavy atom. The topological polar surface area (TPSA) is 15.3 Å². The Bertz CT molecular complexity index is 194. The number of nitrogens with one attached hydrogen (secondary N) is 1. The lowest BCUT2D eigenvalue weighted by Crippen LogP contribution is -2.61. The molecule has 3 fully saturated rings. The van der Waals surface area contributed by atoms with Gasteiger partial charge in [-0.25, -0.2) is 0 Å². The molecule has 2 aliphatic heterocycles. The zero-order valence-corrected chi connectivity index (χ0v) is 9.10. The molecule has 0 aromatic rings. The van der Waals surface area contributed by atoms with E-state index < -0.39 is 0 Å². The third kappa shape index (κ3) is 1.49. The van der Waals surface area contributed by atoms with E-state index in [9.17, 15) is 0 Å². The minimum Gasteiger partial charge on any atom is -0.315 e. The van der Waals surface area contributed by atoms with Gasteiger partial charge in [0.05, 0.1) is 0 Å². The monoisotopic (exact) mass is 194 g/mol. The van der Waals surface area contributed by atoms with E-state index in [1.165, 1.54) is 64.7 Å². The highest BCUT2D eigenvalue weighted by Crippen LogP contribution is 2.46. The van der Waals surface area contributed by atoms with Gasteiger partial charge in [0.25, 0.3) is 0 Å². The lowest BCUT2D eigenvalue weighted by molar-refractivity contribution is -0.0328. The summed E-state index contributed by atoms with van der Waals surface area (Å²) in [6.07, 6.45) is 8.85. The minimum atomic E-state index is 0.789. The molecule has 2 heteroatoms. The van der Waals surface area contributed by atoms with Crippen LogP contribution in [0.1, 0.15) is 38.5 Å². The number of hydrogen-bond donors (Lipinski definition) is 1. The first-order valence-corrected chi connectivity index (χ1v) is 6.33. The van der Waals surface area contributed by atoms with Gasteiger partial charge in [0.1, 0.15) is 0 Å². The van der Waals surface area contributed by atoms with Crippen LogP contribution in [0.25, 0.3) is 0 Å². The fraction of sp³-hybridized carbons (Fsp3) is 1.00. The molecule has 80 valence electrons. The van der Waals surface area contributed by atoms with Gasteiger partial charge in [0.2, 0.25) is 0 Å². The Kier molecular flexibility index (Phi) is 2.29. The molecule has 1 aliphatic carbocycles. The van der Waals surface area contributed by atoms with E-state index in [-0.39, 0.29) is 0 Å². The summed E-state index contributed by atoms with van der Waals surface area (Å²) in [7, 11) is 0. The van der Waals surface area contributed by atoms with Crippen LogP contribution in [0, 0.1) is 5.41 Å². The van der Waals surface area contributed by atoms with Crippen molar-refractivity contribution in [1.29, 1.82) is 0 Å². The second kappa shape index (κ2) is 3.49. The van der Waals surface area contributed by atoms with Crippen LogP contribution >= 0.6 is 0 Å². The summed E-state index contributed by atoms with van der Waals surface area (Å²) in [5.41, 5.74) is 0.789. The Hall–Kier alpha value is -0.0800. The van der Waals surface area contributed by atoms with E-state index in [4.69, 9.17) is 0 Å². The highest BCUT2D eigenvalue weighted by atomic mass is 15.3. The van der Waals surface area contributed by atoms with Gasteiger partial charge in [0.15, 0.2) is 0 Å². The Labute approximate surface area is 87.0 Å². The van der Waals surface area contributed by atoms with Crippen molar-refractivity contribution >= 4 is 0 Å². The molecular weight excluding hydrogens is 172 g/mol. The molecule has 2 heterocycles. The lowest BCUT2D eigenvalue weighted by Gasteiger charge is -2.52. The highest BCUT2D eigenvalue weighted by Gasteiger charge is 2.46. The number of hydrogen-bond acceptors (Lipinski definition) is 2. The molecule has 0 bridgehead atoms. The maximum Gasteiger partial charge on any atom is 0.0221 e. The second-order valence-corrected chi connectivity index (χ2v) is 5.61. The van der Waals surface area contributed by atoms with E-state index in [1.54, 1.807) is 0 Å². The SMILES string of the molecule is C1CNCC(N2CC3(CCCC3)C2)C1. The van der Waals surface area contributed by atoms with Crippen LogP contribution in [0.2, 0.25) is 0 Å². The zero-order chi connectivity index (χ0) is 9.43. The van der Waals surface area contributed by atoms with E-state index in [2.05, 4.69) is 10.2 Å². The van der Waals surface area contributed by atoms with E-state index in [0.29, 0.717) is 0 Å². The summed E-state index contributed by atoms with van der Waals surface area (Å²) in [5, 5.41) is 3.52. The molecule has 14 heavy (non-hydrogen) atoms. The van der Waals surface area contributed by atoms with E-state index in [1.807, 2.05) is 0 Å². The summed E-state index contributed by atoms with van der Waals surface area (Å²) >= 11 is 0. The molecule has 3 aliphatic rings. The molecule has 2 saturated heterocycles. The van der Waals surface area contributed by atoms with Gasteiger partial charge in [0, 0.05) is 25.7 Å². The van der Waals surface area contributed by atoms with E-state index in [0.717, 1.165) is 11.5 Å². The molecule has 2 nitrogen and oxygen atoms in total. The van der Waals surface area contributed by atoms with Gasteiger partial charge in [-0.1, -0.05) is 12.8 Å². The molecule has 0 radical (unpaired) electrons. The van der Waals surface area contributed by atoms with Crippen molar-refractivity contribution < 1.29 is 0 Å². The fourth-order valence-corrected chi connectivity index (χ4v) is 3.66. The van der Waals surface area contributed by atoms with Gasteiger partial charge in [-0.15, -0.1) is 0 Å². The van der Waals surface area contributed by atoms with Gasteiger partial charge < -0.3 is 5.32 Å². The first-order valence-electron chi connectivity index (χ1n) is 6.33. The van der Waals surface area contributed by atoms with Crippen LogP contribution in [0.15, 0.2) is 0 Å². The van der Waals surface area contributed by atoms with Gasteiger partial charge in [-0.2, -0.15) is 0 Å². The normalized spacial score (nSPS) is 37.3. The van der Waals surface area contributed by atoms with Crippen molar-refractivity contribution in [1.82, 2.24) is 10.2 Å². The average molecular weight is 194 g/mol. The Balaban J connectivity index is 1.52. The van der Waals surface area contributed by atoms with Crippen LogP contribution in [0.5, 0.6) is 0 Å². The summed E-state index contributed by atoms with van der Waals surface area (Å²) in [5.74, 6) is 0. The number of rotatable bonds is 1. The molecule has 1 saturated carbocycles. The molecule has 1 N–H and O–H groups in total. The number of piperidine rings is 1. The second-order valence-electron chi connectivity index (χ2n) is 5.61. The van der Waals surface area contributed by atoms with Gasteiger partial charge in [-0.05, 0) is 37.6 Å². The van der Waals surface area contributed by atoms with Crippen molar-refractivity contribution in [2.45, 2.75) is 44.6 Å². The molecule has 0 aromatic heterocycles. The molecule has 0 aromatic carbocycles. The Morgan fingerprint density at radius 3 is 2.50 bits per heavy atom. The molecule has 1 atom stereocenters. The molecule has 0 amide bonds. The molecule has 1 unspecified atom stereocenters.